The number of halogens is 1. The van der Waals surface area contributed by atoms with Gasteiger partial charge in [-0.25, -0.2) is 0 Å². The number of nitrogens with zero attached hydrogens (tertiary/aromatic N) is 3. The number of aromatic nitrogens is 3. The van der Waals surface area contributed by atoms with Crippen molar-refractivity contribution in [3.63, 3.8) is 0 Å². The molecule has 28 heavy (non-hydrogen) atoms. The Balaban J connectivity index is 1.52. The van der Waals surface area contributed by atoms with Gasteiger partial charge in [0.1, 0.15) is 16.8 Å². The van der Waals surface area contributed by atoms with Crippen LogP contribution in [-0.4, -0.2) is 28.0 Å². The minimum atomic E-state index is -0.0891. The van der Waals surface area contributed by atoms with Crippen molar-refractivity contribution in [2.24, 2.45) is 0 Å². The molecule has 4 aromatic rings. The minimum absolute atomic E-state index is 0.0891. The van der Waals surface area contributed by atoms with E-state index in [0.29, 0.717) is 11.2 Å². The maximum absolute atomic E-state index is 12.4. The highest BCUT2D eigenvalue weighted by molar-refractivity contribution is 9.10. The van der Waals surface area contributed by atoms with Gasteiger partial charge >= 0.3 is 0 Å². The molecule has 0 spiro atoms. The van der Waals surface area contributed by atoms with Crippen LogP contribution in [0.2, 0.25) is 0 Å². The molecule has 0 aliphatic rings. The quantitative estimate of drug-likeness (QED) is 0.504. The highest BCUT2D eigenvalue weighted by Gasteiger charge is 2.10. The van der Waals surface area contributed by atoms with E-state index in [0.717, 1.165) is 27.0 Å². The molecular formula is C21H17BrN4O2. The number of methoxy groups -OCH3 is 1. The molecule has 0 saturated carbocycles. The fourth-order valence-electron chi connectivity index (χ4n) is 2.84. The van der Waals surface area contributed by atoms with Gasteiger partial charge in [-0.05, 0) is 54.1 Å². The summed E-state index contributed by atoms with van der Waals surface area (Å²) in [6.07, 6.45) is 0.290. The lowest BCUT2D eigenvalue weighted by Gasteiger charge is -2.06. The van der Waals surface area contributed by atoms with Crippen LogP contribution in [0.15, 0.2) is 71.2 Å². The summed E-state index contributed by atoms with van der Waals surface area (Å²) in [5, 5.41) is 11.9. The first-order valence-electron chi connectivity index (χ1n) is 8.67. The molecule has 0 radical (unpaired) electrons. The van der Waals surface area contributed by atoms with E-state index in [4.69, 9.17) is 4.74 Å². The van der Waals surface area contributed by atoms with Crippen molar-refractivity contribution in [2.45, 2.75) is 6.42 Å². The Labute approximate surface area is 170 Å². The molecule has 1 N–H and O–H groups in total. The van der Waals surface area contributed by atoms with Crippen LogP contribution in [-0.2, 0) is 11.2 Å². The Bertz CT molecular complexity index is 1140. The summed E-state index contributed by atoms with van der Waals surface area (Å²) in [6, 6.07) is 20.7. The Morgan fingerprint density at radius 3 is 2.54 bits per heavy atom. The summed E-state index contributed by atoms with van der Waals surface area (Å²) in [5.74, 6) is 0.685. The lowest BCUT2D eigenvalue weighted by Crippen LogP contribution is -2.14. The van der Waals surface area contributed by atoms with Gasteiger partial charge < -0.3 is 10.1 Å². The molecule has 0 bridgehead atoms. The summed E-state index contributed by atoms with van der Waals surface area (Å²) in [4.78, 5) is 13.9. The van der Waals surface area contributed by atoms with Crippen LogP contribution in [0.1, 0.15) is 5.56 Å². The largest absolute Gasteiger partial charge is 0.497 e. The van der Waals surface area contributed by atoms with Crippen molar-refractivity contribution < 1.29 is 9.53 Å². The first-order chi connectivity index (χ1) is 13.6. The lowest BCUT2D eigenvalue weighted by molar-refractivity contribution is -0.115. The van der Waals surface area contributed by atoms with Crippen molar-refractivity contribution in [2.75, 3.05) is 12.4 Å². The summed E-state index contributed by atoms with van der Waals surface area (Å²) < 4.78 is 6.09. The Kier molecular flexibility index (Phi) is 5.08. The van der Waals surface area contributed by atoms with E-state index < -0.39 is 0 Å². The van der Waals surface area contributed by atoms with E-state index in [2.05, 4.69) is 31.4 Å². The van der Waals surface area contributed by atoms with E-state index in [1.165, 1.54) is 0 Å². The molecule has 1 aromatic heterocycles. The molecule has 0 saturated heterocycles. The molecule has 0 aliphatic heterocycles. The highest BCUT2D eigenvalue weighted by atomic mass is 79.9. The van der Waals surface area contributed by atoms with Crippen molar-refractivity contribution >= 4 is 38.6 Å². The number of benzene rings is 3. The molecule has 3 aromatic carbocycles. The second-order valence-electron chi connectivity index (χ2n) is 6.21. The van der Waals surface area contributed by atoms with Crippen molar-refractivity contribution in [3.8, 4) is 11.4 Å². The van der Waals surface area contributed by atoms with Gasteiger partial charge in [-0.3, -0.25) is 4.79 Å². The summed E-state index contributed by atoms with van der Waals surface area (Å²) in [7, 11) is 1.63. The van der Waals surface area contributed by atoms with Crippen LogP contribution in [0, 0.1) is 0 Å². The topological polar surface area (TPSA) is 69.0 Å². The number of anilines is 1. The van der Waals surface area contributed by atoms with Gasteiger partial charge in [-0.15, -0.1) is 10.2 Å². The van der Waals surface area contributed by atoms with Crippen molar-refractivity contribution in [1.82, 2.24) is 15.0 Å². The second kappa shape index (κ2) is 7.82. The van der Waals surface area contributed by atoms with E-state index in [-0.39, 0.29) is 12.3 Å². The maximum Gasteiger partial charge on any atom is 0.228 e. The Hall–Kier alpha value is -3.19. The predicted molar refractivity (Wildman–Crippen MR) is 112 cm³/mol. The molecule has 6 nitrogen and oxygen atoms in total. The van der Waals surface area contributed by atoms with Gasteiger partial charge in [0.25, 0.3) is 0 Å². The van der Waals surface area contributed by atoms with Crippen molar-refractivity contribution in [3.05, 3.63) is 76.8 Å². The average Bonchev–Trinajstić information content (AvgIpc) is 3.13. The molecule has 7 heteroatoms. The predicted octanol–water partition coefficient (Wildman–Crippen LogP) is 4.37. The van der Waals surface area contributed by atoms with Crippen LogP contribution in [0.4, 0.5) is 5.69 Å². The third-order valence-electron chi connectivity index (χ3n) is 4.28. The summed E-state index contributed by atoms with van der Waals surface area (Å²) in [5.41, 5.74) is 3.91. The number of ether oxygens (including phenoxy) is 1. The van der Waals surface area contributed by atoms with E-state index in [9.17, 15) is 4.79 Å². The number of hydrogen-bond acceptors (Lipinski definition) is 4. The standard InChI is InChI=1S/C21H17BrN4O2/c1-28-17-9-7-16(8-10-17)26-24-19-11-6-15(13-20(19)25-26)23-21(27)12-14-4-2-3-5-18(14)22/h2-11,13H,12H2,1H3,(H,23,27). The maximum atomic E-state index is 12.4. The second-order valence-corrected chi connectivity index (χ2v) is 7.06. The number of rotatable bonds is 5. The molecule has 4 rings (SSSR count). The fourth-order valence-corrected chi connectivity index (χ4v) is 3.27. The number of hydrogen-bond donors (Lipinski definition) is 1. The summed E-state index contributed by atoms with van der Waals surface area (Å²) in [6.45, 7) is 0. The van der Waals surface area contributed by atoms with Gasteiger partial charge in [0.05, 0.1) is 19.2 Å². The van der Waals surface area contributed by atoms with Crippen LogP contribution in [0.25, 0.3) is 16.7 Å². The molecule has 0 unspecified atom stereocenters. The number of amides is 1. The molecule has 0 aliphatic carbocycles. The van der Waals surface area contributed by atoms with Gasteiger partial charge in [-0.2, -0.15) is 4.80 Å². The zero-order valence-corrected chi connectivity index (χ0v) is 16.7. The number of fused-ring (bicyclic) bond motifs is 1. The van der Waals surface area contributed by atoms with E-state index >= 15 is 0 Å². The van der Waals surface area contributed by atoms with Crippen LogP contribution < -0.4 is 10.1 Å². The molecule has 0 atom stereocenters. The average molecular weight is 437 g/mol. The third kappa shape index (κ3) is 3.89. The van der Waals surface area contributed by atoms with Crippen molar-refractivity contribution in [1.29, 1.82) is 0 Å². The number of nitrogens with one attached hydrogen (secondary N) is 1. The first-order valence-corrected chi connectivity index (χ1v) is 9.46. The molecule has 1 amide bonds. The molecular weight excluding hydrogens is 420 g/mol. The SMILES string of the molecule is COc1ccc(-n2nc3ccc(NC(=O)Cc4ccccc4Br)cc3n2)cc1. The van der Waals surface area contributed by atoms with Gasteiger partial charge in [0.15, 0.2) is 0 Å². The zero-order valence-electron chi connectivity index (χ0n) is 15.1. The smallest absolute Gasteiger partial charge is 0.228 e. The van der Waals surface area contributed by atoms with E-state index in [1.807, 2.05) is 66.7 Å². The Morgan fingerprint density at radius 1 is 1.04 bits per heavy atom. The van der Waals surface area contributed by atoms with Gasteiger partial charge in [-0.1, -0.05) is 34.1 Å². The van der Waals surface area contributed by atoms with Gasteiger partial charge in [0.2, 0.25) is 5.91 Å². The van der Waals surface area contributed by atoms with Crippen LogP contribution >= 0.6 is 15.9 Å². The molecule has 140 valence electrons. The molecule has 0 fully saturated rings. The van der Waals surface area contributed by atoms with Gasteiger partial charge in [0, 0.05) is 10.2 Å². The summed E-state index contributed by atoms with van der Waals surface area (Å²) >= 11 is 3.47. The monoisotopic (exact) mass is 436 g/mol. The highest BCUT2D eigenvalue weighted by Crippen LogP contribution is 2.20. The lowest BCUT2D eigenvalue weighted by atomic mass is 10.1. The normalized spacial score (nSPS) is 10.8. The Morgan fingerprint density at radius 2 is 1.79 bits per heavy atom. The number of carbonyl (C=O) groups is 1. The molecule has 1 heterocycles. The first kappa shape index (κ1) is 18.2. The van der Waals surface area contributed by atoms with Crippen LogP contribution in [0.5, 0.6) is 5.75 Å². The van der Waals surface area contributed by atoms with Crippen LogP contribution in [0.3, 0.4) is 0 Å². The van der Waals surface area contributed by atoms with E-state index in [1.54, 1.807) is 11.9 Å². The number of carbonyl (C=O) groups excluding carboxylic acids is 1. The minimum Gasteiger partial charge on any atom is -0.497 e. The third-order valence-corrected chi connectivity index (χ3v) is 5.05. The fraction of sp³-hybridized carbons (Fsp3) is 0.0952. The zero-order chi connectivity index (χ0) is 19.5.